The van der Waals surface area contributed by atoms with Gasteiger partial charge in [0.05, 0.1) is 5.41 Å². The molecule has 0 aromatic carbocycles. The van der Waals surface area contributed by atoms with Crippen LogP contribution in [0, 0.1) is 10.8 Å². The van der Waals surface area contributed by atoms with Crippen LogP contribution in [0.15, 0.2) is 0 Å². The molecule has 2 heteroatoms. The molecule has 1 rings (SSSR count). The molecule has 0 aromatic heterocycles. The SMILES string of the molecule is CCC(C)(C)C(=O)OC(C)(CC)C1(C)CCCCC1. The zero-order valence-electron chi connectivity index (χ0n) is 13.8. The van der Waals surface area contributed by atoms with Crippen LogP contribution in [0.2, 0.25) is 0 Å². The molecule has 1 atom stereocenters. The molecule has 0 aliphatic heterocycles. The largest absolute Gasteiger partial charge is 0.458 e. The van der Waals surface area contributed by atoms with Crippen molar-refractivity contribution in [2.75, 3.05) is 0 Å². The molecule has 0 heterocycles. The van der Waals surface area contributed by atoms with Crippen molar-refractivity contribution < 1.29 is 9.53 Å². The van der Waals surface area contributed by atoms with E-state index in [4.69, 9.17) is 4.74 Å². The van der Waals surface area contributed by atoms with E-state index < -0.39 is 0 Å². The van der Waals surface area contributed by atoms with Crippen LogP contribution in [0.1, 0.15) is 86.5 Å². The van der Waals surface area contributed by atoms with Crippen LogP contribution >= 0.6 is 0 Å². The van der Waals surface area contributed by atoms with E-state index >= 15 is 0 Å². The molecule has 1 aliphatic rings. The minimum Gasteiger partial charge on any atom is -0.458 e. The summed E-state index contributed by atoms with van der Waals surface area (Å²) >= 11 is 0. The number of carbonyl (C=O) groups excluding carboxylic acids is 1. The zero-order chi connectivity index (χ0) is 14.7. The van der Waals surface area contributed by atoms with E-state index in [0.29, 0.717) is 0 Å². The third-order valence-electron chi connectivity index (χ3n) is 5.66. The summed E-state index contributed by atoms with van der Waals surface area (Å²) in [6.45, 7) is 12.6. The first-order valence-corrected chi connectivity index (χ1v) is 7.94. The molecule has 0 bridgehead atoms. The topological polar surface area (TPSA) is 26.3 Å². The number of hydrogen-bond acceptors (Lipinski definition) is 2. The summed E-state index contributed by atoms with van der Waals surface area (Å²) in [5.74, 6) is -0.0360. The maximum absolute atomic E-state index is 12.4. The van der Waals surface area contributed by atoms with Crippen molar-refractivity contribution >= 4 is 5.97 Å². The maximum Gasteiger partial charge on any atom is 0.312 e. The quantitative estimate of drug-likeness (QED) is 0.648. The second kappa shape index (κ2) is 5.85. The van der Waals surface area contributed by atoms with Crippen molar-refractivity contribution in [3.63, 3.8) is 0 Å². The van der Waals surface area contributed by atoms with E-state index in [1.165, 1.54) is 32.1 Å². The van der Waals surface area contributed by atoms with Gasteiger partial charge in [0.25, 0.3) is 0 Å². The Balaban J connectivity index is 2.88. The molecule has 0 spiro atoms. The van der Waals surface area contributed by atoms with E-state index in [1.54, 1.807) is 0 Å². The third kappa shape index (κ3) is 3.32. The molecule has 0 amide bonds. The normalized spacial score (nSPS) is 22.6. The maximum atomic E-state index is 12.4. The van der Waals surface area contributed by atoms with Crippen LogP contribution in [0.25, 0.3) is 0 Å². The number of ether oxygens (including phenoxy) is 1. The van der Waals surface area contributed by atoms with Gasteiger partial charge in [0.15, 0.2) is 0 Å². The first kappa shape index (κ1) is 16.5. The fraction of sp³-hybridized carbons (Fsp3) is 0.941. The Morgan fingerprint density at radius 3 is 2.00 bits per heavy atom. The van der Waals surface area contributed by atoms with E-state index in [0.717, 1.165) is 12.8 Å². The second-order valence-electron chi connectivity index (χ2n) is 7.33. The predicted octanol–water partition coefficient (Wildman–Crippen LogP) is 5.10. The summed E-state index contributed by atoms with van der Waals surface area (Å²) in [5.41, 5.74) is -0.558. The fourth-order valence-electron chi connectivity index (χ4n) is 2.97. The highest BCUT2D eigenvalue weighted by Gasteiger charge is 2.48. The minimum absolute atomic E-state index is 0.0360. The summed E-state index contributed by atoms with van der Waals surface area (Å²) in [6.07, 6.45) is 7.93. The Labute approximate surface area is 119 Å². The van der Waals surface area contributed by atoms with Gasteiger partial charge in [-0.05, 0) is 46.5 Å². The fourth-order valence-corrected chi connectivity index (χ4v) is 2.97. The predicted molar refractivity (Wildman–Crippen MR) is 80.1 cm³/mol. The van der Waals surface area contributed by atoms with E-state index in [-0.39, 0.29) is 22.4 Å². The van der Waals surface area contributed by atoms with Crippen LogP contribution < -0.4 is 0 Å². The zero-order valence-corrected chi connectivity index (χ0v) is 13.8. The second-order valence-corrected chi connectivity index (χ2v) is 7.33. The first-order chi connectivity index (χ1) is 8.71. The molecule has 0 aromatic rings. The molecular formula is C17H32O2. The lowest BCUT2D eigenvalue weighted by Crippen LogP contribution is -2.50. The van der Waals surface area contributed by atoms with Gasteiger partial charge in [-0.3, -0.25) is 4.79 Å². The molecule has 1 saturated carbocycles. The molecule has 0 N–H and O–H groups in total. The van der Waals surface area contributed by atoms with Gasteiger partial charge in [0, 0.05) is 5.41 Å². The average Bonchev–Trinajstić information content (AvgIpc) is 2.39. The summed E-state index contributed by atoms with van der Waals surface area (Å²) in [4.78, 5) is 12.4. The average molecular weight is 268 g/mol. The molecule has 2 nitrogen and oxygen atoms in total. The number of hydrogen-bond donors (Lipinski definition) is 0. The molecule has 112 valence electrons. The van der Waals surface area contributed by atoms with Crippen molar-refractivity contribution in [3.8, 4) is 0 Å². The van der Waals surface area contributed by atoms with Gasteiger partial charge in [-0.2, -0.15) is 0 Å². The lowest BCUT2D eigenvalue weighted by molar-refractivity contribution is -0.187. The van der Waals surface area contributed by atoms with Crippen LogP contribution in [0.3, 0.4) is 0 Å². The Morgan fingerprint density at radius 2 is 1.58 bits per heavy atom. The van der Waals surface area contributed by atoms with Gasteiger partial charge in [-0.25, -0.2) is 0 Å². The lowest BCUT2D eigenvalue weighted by atomic mass is 9.64. The molecule has 1 aliphatic carbocycles. The highest BCUT2D eigenvalue weighted by Crippen LogP contribution is 2.48. The van der Waals surface area contributed by atoms with Gasteiger partial charge in [0.2, 0.25) is 0 Å². The van der Waals surface area contributed by atoms with Gasteiger partial charge in [-0.1, -0.05) is 40.0 Å². The Morgan fingerprint density at radius 1 is 1.05 bits per heavy atom. The Kier molecular flexibility index (Phi) is 5.08. The van der Waals surface area contributed by atoms with Gasteiger partial charge in [-0.15, -0.1) is 0 Å². The van der Waals surface area contributed by atoms with E-state index in [9.17, 15) is 4.79 Å². The summed E-state index contributed by atoms with van der Waals surface area (Å²) < 4.78 is 6.05. The molecule has 1 fully saturated rings. The minimum atomic E-state index is -0.374. The number of carbonyl (C=O) groups is 1. The summed E-state index contributed by atoms with van der Waals surface area (Å²) in [7, 11) is 0. The van der Waals surface area contributed by atoms with Crippen LogP contribution in [-0.2, 0) is 9.53 Å². The van der Waals surface area contributed by atoms with Crippen LogP contribution in [-0.4, -0.2) is 11.6 Å². The van der Waals surface area contributed by atoms with Crippen LogP contribution in [0.4, 0.5) is 0 Å². The molecule has 19 heavy (non-hydrogen) atoms. The Hall–Kier alpha value is -0.530. The van der Waals surface area contributed by atoms with Crippen molar-refractivity contribution in [1.29, 1.82) is 0 Å². The van der Waals surface area contributed by atoms with Crippen molar-refractivity contribution in [1.82, 2.24) is 0 Å². The lowest BCUT2D eigenvalue weighted by Gasteiger charge is -2.48. The molecule has 1 unspecified atom stereocenters. The van der Waals surface area contributed by atoms with Gasteiger partial charge < -0.3 is 4.74 Å². The van der Waals surface area contributed by atoms with Gasteiger partial charge in [0.1, 0.15) is 5.60 Å². The standard InChI is InChI=1S/C17H32O2/c1-7-15(3,4)14(18)19-17(6,8-2)16(5)12-10-9-11-13-16/h7-13H2,1-6H3. The third-order valence-corrected chi connectivity index (χ3v) is 5.66. The highest BCUT2D eigenvalue weighted by atomic mass is 16.6. The monoisotopic (exact) mass is 268 g/mol. The van der Waals surface area contributed by atoms with Crippen molar-refractivity contribution in [2.45, 2.75) is 92.1 Å². The molecule has 0 saturated heterocycles. The smallest absolute Gasteiger partial charge is 0.312 e. The number of esters is 1. The van der Waals surface area contributed by atoms with Crippen LogP contribution in [0.5, 0.6) is 0 Å². The van der Waals surface area contributed by atoms with Crippen molar-refractivity contribution in [2.24, 2.45) is 10.8 Å². The molecule has 0 radical (unpaired) electrons. The summed E-state index contributed by atoms with van der Waals surface area (Å²) in [6, 6.07) is 0. The van der Waals surface area contributed by atoms with Crippen molar-refractivity contribution in [3.05, 3.63) is 0 Å². The highest BCUT2D eigenvalue weighted by molar-refractivity contribution is 5.76. The Bertz CT molecular complexity index is 313. The van der Waals surface area contributed by atoms with E-state index in [2.05, 4.69) is 20.8 Å². The summed E-state index contributed by atoms with van der Waals surface area (Å²) in [5, 5.41) is 0. The first-order valence-electron chi connectivity index (χ1n) is 7.94. The van der Waals surface area contributed by atoms with E-state index in [1.807, 2.05) is 20.8 Å². The molecular weight excluding hydrogens is 236 g/mol. The van der Waals surface area contributed by atoms with Gasteiger partial charge >= 0.3 is 5.97 Å². The number of rotatable bonds is 5.